The lowest BCUT2D eigenvalue weighted by atomic mass is 10.2. The van der Waals surface area contributed by atoms with E-state index in [0.29, 0.717) is 0 Å². The van der Waals surface area contributed by atoms with Crippen molar-refractivity contribution in [2.75, 3.05) is 11.1 Å². The highest BCUT2D eigenvalue weighted by atomic mass is 19.1. The van der Waals surface area contributed by atoms with Gasteiger partial charge in [-0.1, -0.05) is 6.07 Å². The molecule has 5 heteroatoms. The van der Waals surface area contributed by atoms with E-state index in [4.69, 9.17) is 11.0 Å². The summed E-state index contributed by atoms with van der Waals surface area (Å²) in [6, 6.07) is 10.0. The number of rotatable bonds is 2. The summed E-state index contributed by atoms with van der Waals surface area (Å²) in [5.74, 6) is -1.17. The maximum atomic E-state index is 13.6. The molecule has 2 aromatic carbocycles. The monoisotopic (exact) mass is 245 g/mol. The zero-order valence-electron chi connectivity index (χ0n) is 9.24. The fourth-order valence-corrected chi connectivity index (χ4v) is 1.48. The molecule has 0 atom stereocenters. The van der Waals surface area contributed by atoms with E-state index in [-0.39, 0.29) is 22.6 Å². The molecule has 0 spiro atoms. The Kier molecular flexibility index (Phi) is 3.11. The van der Waals surface area contributed by atoms with Crippen molar-refractivity contribution in [2.24, 2.45) is 0 Å². The van der Waals surface area contributed by atoms with Gasteiger partial charge in [0.15, 0.2) is 0 Å². The number of nitrogens with two attached hydrogens (primary N) is 1. The van der Waals surface area contributed by atoms with Crippen molar-refractivity contribution in [3.8, 4) is 6.07 Å². The second-order valence-electron chi connectivity index (χ2n) is 3.63. The van der Waals surface area contributed by atoms with Gasteiger partial charge in [-0.25, -0.2) is 8.78 Å². The van der Waals surface area contributed by atoms with Gasteiger partial charge in [-0.3, -0.25) is 0 Å². The second-order valence-corrected chi connectivity index (χ2v) is 3.63. The van der Waals surface area contributed by atoms with Crippen LogP contribution in [0.4, 0.5) is 25.8 Å². The molecule has 0 aliphatic carbocycles. The van der Waals surface area contributed by atoms with Gasteiger partial charge in [0.1, 0.15) is 11.6 Å². The lowest BCUT2D eigenvalue weighted by Gasteiger charge is -2.10. The Morgan fingerprint density at radius 2 is 1.83 bits per heavy atom. The summed E-state index contributed by atoms with van der Waals surface area (Å²) in [6.45, 7) is 0. The van der Waals surface area contributed by atoms with E-state index in [0.717, 1.165) is 6.07 Å². The van der Waals surface area contributed by atoms with Crippen LogP contribution in [0.1, 0.15) is 5.56 Å². The van der Waals surface area contributed by atoms with Crippen LogP contribution in [-0.2, 0) is 0 Å². The van der Waals surface area contributed by atoms with Crippen molar-refractivity contribution in [3.63, 3.8) is 0 Å². The molecule has 90 valence electrons. The third-order valence-corrected chi connectivity index (χ3v) is 2.42. The molecule has 3 nitrogen and oxygen atoms in total. The summed E-state index contributed by atoms with van der Waals surface area (Å²) in [4.78, 5) is 0. The highest BCUT2D eigenvalue weighted by Crippen LogP contribution is 2.26. The van der Waals surface area contributed by atoms with Crippen molar-refractivity contribution < 1.29 is 8.78 Å². The van der Waals surface area contributed by atoms with Crippen LogP contribution in [0.5, 0.6) is 0 Å². The van der Waals surface area contributed by atoms with Crippen LogP contribution in [0.3, 0.4) is 0 Å². The molecule has 0 amide bonds. The fraction of sp³-hybridized carbons (Fsp3) is 0. The summed E-state index contributed by atoms with van der Waals surface area (Å²) in [7, 11) is 0. The predicted molar refractivity (Wildman–Crippen MR) is 65.2 cm³/mol. The fourth-order valence-electron chi connectivity index (χ4n) is 1.48. The molecule has 0 saturated carbocycles. The number of benzene rings is 2. The van der Waals surface area contributed by atoms with Crippen LogP contribution in [-0.4, -0.2) is 0 Å². The summed E-state index contributed by atoms with van der Waals surface area (Å²) in [5.41, 5.74) is 6.06. The van der Waals surface area contributed by atoms with Crippen LogP contribution in [0.2, 0.25) is 0 Å². The predicted octanol–water partition coefficient (Wildman–Crippen LogP) is 3.16. The lowest BCUT2D eigenvalue weighted by Crippen LogP contribution is -2.00. The summed E-state index contributed by atoms with van der Waals surface area (Å²) < 4.78 is 26.8. The molecule has 0 unspecified atom stereocenters. The van der Waals surface area contributed by atoms with Gasteiger partial charge in [0.05, 0.1) is 28.7 Å². The first-order valence-corrected chi connectivity index (χ1v) is 5.12. The molecule has 0 fully saturated rings. The maximum absolute atomic E-state index is 13.6. The molecule has 0 saturated heterocycles. The van der Waals surface area contributed by atoms with Crippen molar-refractivity contribution >= 4 is 17.1 Å². The molecule has 0 radical (unpaired) electrons. The molecule has 0 bridgehead atoms. The van der Waals surface area contributed by atoms with E-state index < -0.39 is 11.6 Å². The maximum Gasteiger partial charge on any atom is 0.148 e. The van der Waals surface area contributed by atoms with Crippen LogP contribution >= 0.6 is 0 Å². The number of hydrogen-bond donors (Lipinski definition) is 2. The Morgan fingerprint density at radius 3 is 2.50 bits per heavy atom. The molecular formula is C13H9F2N3. The summed E-state index contributed by atoms with van der Waals surface area (Å²) >= 11 is 0. The standard InChI is InChI=1S/C13H9F2N3/c14-9-2-1-3-12(13(9)17)18-11-5-4-8(7-16)6-10(11)15/h1-6,18H,17H2. The van der Waals surface area contributed by atoms with Gasteiger partial charge in [0.2, 0.25) is 0 Å². The average molecular weight is 245 g/mol. The molecule has 0 aliphatic heterocycles. The van der Waals surface area contributed by atoms with Crippen LogP contribution in [0.25, 0.3) is 0 Å². The number of hydrogen-bond acceptors (Lipinski definition) is 3. The Bertz CT molecular complexity index is 633. The van der Waals surface area contributed by atoms with Crippen molar-refractivity contribution in [1.29, 1.82) is 5.26 Å². The number of nitrogens with zero attached hydrogens (tertiary/aromatic N) is 1. The van der Waals surface area contributed by atoms with Gasteiger partial charge < -0.3 is 11.1 Å². The lowest BCUT2D eigenvalue weighted by molar-refractivity contribution is 0.629. The van der Waals surface area contributed by atoms with Crippen molar-refractivity contribution in [3.05, 3.63) is 53.6 Å². The Hall–Kier alpha value is -2.61. The summed E-state index contributed by atoms with van der Waals surface area (Å²) in [6.07, 6.45) is 0. The molecule has 0 aliphatic rings. The van der Waals surface area contributed by atoms with Gasteiger partial charge in [-0.15, -0.1) is 0 Å². The van der Waals surface area contributed by atoms with E-state index >= 15 is 0 Å². The van der Waals surface area contributed by atoms with Gasteiger partial charge >= 0.3 is 0 Å². The Balaban J connectivity index is 2.35. The van der Waals surface area contributed by atoms with Gasteiger partial charge in [0, 0.05) is 0 Å². The molecule has 18 heavy (non-hydrogen) atoms. The Labute approximate surface area is 102 Å². The highest BCUT2D eigenvalue weighted by Gasteiger charge is 2.08. The van der Waals surface area contributed by atoms with Gasteiger partial charge in [-0.2, -0.15) is 5.26 Å². The SMILES string of the molecule is N#Cc1ccc(Nc2cccc(F)c2N)c(F)c1. The van der Waals surface area contributed by atoms with Gasteiger partial charge in [-0.05, 0) is 30.3 Å². The smallest absolute Gasteiger partial charge is 0.148 e. The minimum Gasteiger partial charge on any atom is -0.395 e. The van der Waals surface area contributed by atoms with Crippen LogP contribution in [0.15, 0.2) is 36.4 Å². The third-order valence-electron chi connectivity index (χ3n) is 2.42. The van der Waals surface area contributed by atoms with Crippen LogP contribution < -0.4 is 11.1 Å². The molecule has 2 aromatic rings. The topological polar surface area (TPSA) is 61.8 Å². The first-order chi connectivity index (χ1) is 8.61. The molecular weight excluding hydrogens is 236 g/mol. The van der Waals surface area contributed by atoms with E-state index in [1.807, 2.05) is 6.07 Å². The number of nitrogen functional groups attached to an aromatic ring is 1. The van der Waals surface area contributed by atoms with Crippen LogP contribution in [0, 0.1) is 23.0 Å². The number of nitrogens with one attached hydrogen (secondary N) is 1. The van der Waals surface area contributed by atoms with Gasteiger partial charge in [0.25, 0.3) is 0 Å². The Morgan fingerprint density at radius 1 is 1.06 bits per heavy atom. The second kappa shape index (κ2) is 4.72. The number of halogens is 2. The first kappa shape index (κ1) is 11.9. The number of nitriles is 1. The minimum atomic E-state index is -0.599. The molecule has 0 heterocycles. The molecule has 0 aromatic heterocycles. The quantitative estimate of drug-likeness (QED) is 0.799. The number of anilines is 3. The third kappa shape index (κ3) is 2.23. The zero-order chi connectivity index (χ0) is 13.1. The first-order valence-electron chi connectivity index (χ1n) is 5.12. The zero-order valence-corrected chi connectivity index (χ0v) is 9.24. The summed E-state index contributed by atoms with van der Waals surface area (Å²) in [5, 5.41) is 11.3. The number of para-hydroxylation sites is 1. The molecule has 2 rings (SSSR count). The minimum absolute atomic E-state index is 0.0822. The van der Waals surface area contributed by atoms with E-state index in [9.17, 15) is 8.78 Å². The van der Waals surface area contributed by atoms with Crippen molar-refractivity contribution in [2.45, 2.75) is 0 Å². The van der Waals surface area contributed by atoms with Crippen molar-refractivity contribution in [1.82, 2.24) is 0 Å². The van der Waals surface area contributed by atoms with E-state index in [1.165, 1.54) is 30.3 Å². The average Bonchev–Trinajstić information content (AvgIpc) is 2.37. The van der Waals surface area contributed by atoms with E-state index in [1.54, 1.807) is 0 Å². The van der Waals surface area contributed by atoms with E-state index in [2.05, 4.69) is 5.32 Å². The molecule has 3 N–H and O–H groups in total. The highest BCUT2D eigenvalue weighted by molar-refractivity contribution is 5.73. The normalized spacial score (nSPS) is 9.83. The largest absolute Gasteiger partial charge is 0.395 e.